The quantitative estimate of drug-likeness (QED) is 0.867. The molecule has 1 amide bonds. The Kier molecular flexibility index (Phi) is 3.90. The molecule has 7 heteroatoms. The van der Waals surface area contributed by atoms with Gasteiger partial charge < -0.3 is 10.6 Å². The fourth-order valence-electron chi connectivity index (χ4n) is 2.49. The van der Waals surface area contributed by atoms with Gasteiger partial charge in [0, 0.05) is 18.9 Å². The molecule has 2 N–H and O–H groups in total. The first-order chi connectivity index (χ1) is 10.4. The standard InChI is InChI=1S/C15H19N3O3S/c1-10(9-15(19)16-11-6-7-11)8-14-17-12-4-2-3-5-13(12)22(20,21)18-14/h2-5,10-11H,6-9H2,1H3,(H,16,19)(H,17,18)/t10-/m0/s1. The van der Waals surface area contributed by atoms with Crippen molar-refractivity contribution in [3.8, 4) is 0 Å². The molecule has 1 heterocycles. The second-order valence-corrected chi connectivity index (χ2v) is 7.56. The van der Waals surface area contributed by atoms with Gasteiger partial charge in [0.15, 0.2) is 0 Å². The highest BCUT2D eigenvalue weighted by Crippen LogP contribution is 2.28. The maximum absolute atomic E-state index is 12.1. The average Bonchev–Trinajstić information content (AvgIpc) is 3.21. The van der Waals surface area contributed by atoms with Crippen LogP contribution in [0.2, 0.25) is 0 Å². The van der Waals surface area contributed by atoms with E-state index >= 15 is 0 Å². The Bertz CT molecular complexity index is 723. The van der Waals surface area contributed by atoms with E-state index in [2.05, 4.69) is 15.0 Å². The predicted octanol–water partition coefficient (Wildman–Crippen LogP) is 1.89. The molecule has 1 aliphatic carbocycles. The van der Waals surface area contributed by atoms with E-state index in [1.807, 2.05) is 6.92 Å². The van der Waals surface area contributed by atoms with Crippen LogP contribution in [-0.4, -0.2) is 26.2 Å². The summed E-state index contributed by atoms with van der Waals surface area (Å²) in [5.41, 5.74) is 0.544. The van der Waals surface area contributed by atoms with Crippen LogP contribution >= 0.6 is 0 Å². The lowest BCUT2D eigenvalue weighted by Crippen LogP contribution is -2.29. The molecule has 0 saturated heterocycles. The zero-order valence-electron chi connectivity index (χ0n) is 12.4. The van der Waals surface area contributed by atoms with Crippen LogP contribution < -0.4 is 10.6 Å². The van der Waals surface area contributed by atoms with Gasteiger partial charge in [0.05, 0.1) is 5.69 Å². The van der Waals surface area contributed by atoms with E-state index < -0.39 is 10.0 Å². The van der Waals surface area contributed by atoms with Gasteiger partial charge in [-0.25, -0.2) is 0 Å². The van der Waals surface area contributed by atoms with Crippen LogP contribution in [0, 0.1) is 5.92 Å². The van der Waals surface area contributed by atoms with Gasteiger partial charge in [-0.2, -0.15) is 8.42 Å². The van der Waals surface area contributed by atoms with Crippen molar-refractivity contribution >= 4 is 27.5 Å². The molecule has 3 rings (SSSR count). The SMILES string of the molecule is C[C@H](CC(=O)NC1CC1)CC1=NS(=O)(=O)c2ccccc2N1. The summed E-state index contributed by atoms with van der Waals surface area (Å²) in [6.45, 7) is 1.92. The molecule has 0 bridgehead atoms. The molecule has 1 aliphatic heterocycles. The molecule has 6 nitrogen and oxygen atoms in total. The summed E-state index contributed by atoms with van der Waals surface area (Å²) >= 11 is 0. The molecule has 2 aliphatic rings. The molecular formula is C15H19N3O3S. The largest absolute Gasteiger partial charge is 0.353 e. The van der Waals surface area contributed by atoms with Crippen molar-refractivity contribution in [2.24, 2.45) is 10.3 Å². The third-order valence-electron chi connectivity index (χ3n) is 3.69. The molecule has 0 radical (unpaired) electrons. The van der Waals surface area contributed by atoms with Gasteiger partial charge in [-0.1, -0.05) is 19.1 Å². The molecule has 0 aromatic heterocycles. The Hall–Kier alpha value is -1.89. The van der Waals surface area contributed by atoms with Crippen LogP contribution in [0.4, 0.5) is 5.69 Å². The summed E-state index contributed by atoms with van der Waals surface area (Å²) < 4.78 is 28.1. The number of hydrogen-bond donors (Lipinski definition) is 2. The van der Waals surface area contributed by atoms with Gasteiger partial charge in [-0.3, -0.25) is 4.79 Å². The van der Waals surface area contributed by atoms with Crippen LogP contribution in [0.1, 0.15) is 32.6 Å². The minimum atomic E-state index is -3.65. The van der Waals surface area contributed by atoms with Crippen molar-refractivity contribution in [3.63, 3.8) is 0 Å². The fourth-order valence-corrected chi connectivity index (χ4v) is 3.64. The van der Waals surface area contributed by atoms with E-state index in [1.54, 1.807) is 18.2 Å². The molecule has 1 saturated carbocycles. The second kappa shape index (κ2) is 5.72. The van der Waals surface area contributed by atoms with E-state index in [0.717, 1.165) is 12.8 Å². The molecule has 0 unspecified atom stereocenters. The molecule has 1 atom stereocenters. The molecule has 1 aromatic carbocycles. The van der Waals surface area contributed by atoms with Crippen molar-refractivity contribution in [1.82, 2.24) is 5.32 Å². The normalized spacial score (nSPS) is 20.3. The van der Waals surface area contributed by atoms with Gasteiger partial charge in [-0.15, -0.1) is 4.40 Å². The fraction of sp³-hybridized carbons (Fsp3) is 0.467. The van der Waals surface area contributed by atoms with E-state index in [-0.39, 0.29) is 16.7 Å². The van der Waals surface area contributed by atoms with Crippen LogP contribution in [0.5, 0.6) is 0 Å². The molecular weight excluding hydrogens is 302 g/mol. The summed E-state index contributed by atoms with van der Waals surface area (Å²) in [5.74, 6) is 0.436. The minimum absolute atomic E-state index is 0.0189. The lowest BCUT2D eigenvalue weighted by atomic mass is 10.0. The first-order valence-corrected chi connectivity index (χ1v) is 8.87. The lowest BCUT2D eigenvalue weighted by Gasteiger charge is -2.20. The molecule has 1 aromatic rings. The molecule has 0 spiro atoms. The molecule has 1 fully saturated rings. The topological polar surface area (TPSA) is 87.6 Å². The number of carbonyl (C=O) groups excluding carboxylic acids is 1. The van der Waals surface area contributed by atoms with Gasteiger partial charge in [0.25, 0.3) is 10.0 Å². The summed E-state index contributed by atoms with van der Waals surface area (Å²) in [5, 5.41) is 5.99. The summed E-state index contributed by atoms with van der Waals surface area (Å²) in [6, 6.07) is 7.04. The zero-order valence-corrected chi connectivity index (χ0v) is 13.2. The van der Waals surface area contributed by atoms with E-state index in [0.29, 0.717) is 30.4 Å². The summed E-state index contributed by atoms with van der Waals surface area (Å²) in [7, 11) is -3.65. The predicted molar refractivity (Wildman–Crippen MR) is 84.2 cm³/mol. The average molecular weight is 321 g/mol. The van der Waals surface area contributed by atoms with Crippen molar-refractivity contribution in [2.45, 2.75) is 43.5 Å². The Morgan fingerprint density at radius 1 is 1.41 bits per heavy atom. The maximum Gasteiger partial charge on any atom is 0.286 e. The van der Waals surface area contributed by atoms with Crippen molar-refractivity contribution in [3.05, 3.63) is 24.3 Å². The summed E-state index contributed by atoms with van der Waals surface area (Å²) in [4.78, 5) is 12.0. The number of hydrogen-bond acceptors (Lipinski definition) is 4. The Balaban J connectivity index is 1.65. The van der Waals surface area contributed by atoms with Gasteiger partial charge in [-0.05, 0) is 30.9 Å². The Labute approximate surface area is 130 Å². The van der Waals surface area contributed by atoms with Crippen LogP contribution in [0.25, 0.3) is 0 Å². The highest BCUT2D eigenvalue weighted by Gasteiger charge is 2.27. The summed E-state index contributed by atoms with van der Waals surface area (Å²) in [6.07, 6.45) is 2.91. The molecule has 118 valence electrons. The number of nitrogens with zero attached hydrogens (tertiary/aromatic N) is 1. The Morgan fingerprint density at radius 3 is 2.86 bits per heavy atom. The smallest absolute Gasteiger partial charge is 0.286 e. The van der Waals surface area contributed by atoms with Gasteiger partial charge in [0.2, 0.25) is 5.91 Å². The highest BCUT2D eigenvalue weighted by atomic mass is 32.2. The highest BCUT2D eigenvalue weighted by molar-refractivity contribution is 7.90. The van der Waals surface area contributed by atoms with Crippen molar-refractivity contribution < 1.29 is 13.2 Å². The number of para-hydroxylation sites is 1. The first-order valence-electron chi connectivity index (χ1n) is 7.43. The van der Waals surface area contributed by atoms with E-state index in [4.69, 9.17) is 0 Å². The maximum atomic E-state index is 12.1. The van der Waals surface area contributed by atoms with Crippen LogP contribution in [0.3, 0.4) is 0 Å². The van der Waals surface area contributed by atoms with Crippen LogP contribution in [0.15, 0.2) is 33.6 Å². The first kappa shape index (κ1) is 15.0. The third kappa shape index (κ3) is 3.47. The van der Waals surface area contributed by atoms with E-state index in [9.17, 15) is 13.2 Å². The minimum Gasteiger partial charge on any atom is -0.353 e. The number of fused-ring (bicyclic) bond motifs is 1. The number of amides is 1. The van der Waals surface area contributed by atoms with Crippen LogP contribution in [-0.2, 0) is 14.8 Å². The zero-order chi connectivity index (χ0) is 15.7. The molecule has 22 heavy (non-hydrogen) atoms. The number of nitrogens with one attached hydrogen (secondary N) is 2. The number of carbonyl (C=O) groups is 1. The Morgan fingerprint density at radius 2 is 2.14 bits per heavy atom. The number of rotatable bonds is 5. The van der Waals surface area contributed by atoms with E-state index in [1.165, 1.54) is 6.07 Å². The van der Waals surface area contributed by atoms with Gasteiger partial charge >= 0.3 is 0 Å². The van der Waals surface area contributed by atoms with Crippen molar-refractivity contribution in [2.75, 3.05) is 5.32 Å². The lowest BCUT2D eigenvalue weighted by molar-refractivity contribution is -0.122. The number of benzene rings is 1. The second-order valence-electron chi connectivity index (χ2n) is 5.99. The third-order valence-corrected chi connectivity index (χ3v) is 5.06. The van der Waals surface area contributed by atoms with Gasteiger partial charge in [0.1, 0.15) is 10.7 Å². The number of sulfonamides is 1. The number of anilines is 1. The number of amidine groups is 1. The van der Waals surface area contributed by atoms with Crippen molar-refractivity contribution in [1.29, 1.82) is 0 Å². The monoisotopic (exact) mass is 321 g/mol.